The average molecular weight is 310 g/mol. The molecule has 0 saturated heterocycles. The summed E-state index contributed by atoms with van der Waals surface area (Å²) in [4.78, 5) is 11.7. The van der Waals surface area contributed by atoms with Crippen molar-refractivity contribution >= 4 is 16.8 Å². The van der Waals surface area contributed by atoms with Crippen LogP contribution >= 0.6 is 0 Å². The summed E-state index contributed by atoms with van der Waals surface area (Å²) >= 11 is 0. The molecule has 5 heteroatoms. The lowest BCUT2D eigenvalue weighted by atomic mass is 9.80. The van der Waals surface area contributed by atoms with Gasteiger partial charge >= 0.3 is 5.97 Å². The Balaban J connectivity index is 2.04. The fraction of sp³-hybridized carbons (Fsp3) is 0.562. The van der Waals surface area contributed by atoms with Gasteiger partial charge in [-0.25, -0.2) is 0 Å². The highest BCUT2D eigenvalue weighted by molar-refractivity contribution is 7.85. The highest BCUT2D eigenvalue weighted by Crippen LogP contribution is 2.34. The summed E-state index contributed by atoms with van der Waals surface area (Å²) in [7, 11) is -1.26. The van der Waals surface area contributed by atoms with Crippen LogP contribution in [0.25, 0.3) is 0 Å². The molecule has 0 spiro atoms. The molecule has 0 amide bonds. The number of benzene rings is 1. The van der Waals surface area contributed by atoms with Crippen LogP contribution in [0.5, 0.6) is 0 Å². The van der Waals surface area contributed by atoms with Gasteiger partial charge in [-0.1, -0.05) is 17.7 Å². The topological polar surface area (TPSA) is 74.6 Å². The third-order valence-electron chi connectivity index (χ3n) is 4.24. The van der Waals surface area contributed by atoms with Crippen molar-refractivity contribution in [1.29, 1.82) is 0 Å². The van der Waals surface area contributed by atoms with Crippen LogP contribution in [-0.2, 0) is 15.6 Å². The van der Waals surface area contributed by atoms with Crippen molar-refractivity contribution in [3.63, 3.8) is 0 Å². The molecule has 1 aliphatic rings. The van der Waals surface area contributed by atoms with Crippen molar-refractivity contribution < 1.29 is 19.2 Å². The van der Waals surface area contributed by atoms with E-state index in [4.69, 9.17) is 5.11 Å². The van der Waals surface area contributed by atoms with Gasteiger partial charge in [0.2, 0.25) is 0 Å². The molecule has 0 bridgehead atoms. The maximum atomic E-state index is 12.5. The first-order valence-corrected chi connectivity index (χ1v) is 8.53. The number of aryl methyl sites for hydroxylation is 2. The largest absolute Gasteiger partial charge is 0.481 e. The number of hydrogen-bond acceptors (Lipinski definition) is 3. The minimum atomic E-state index is -1.26. The van der Waals surface area contributed by atoms with Gasteiger partial charge in [0.15, 0.2) is 0 Å². The van der Waals surface area contributed by atoms with Gasteiger partial charge < -0.3 is 10.2 Å². The van der Waals surface area contributed by atoms with E-state index in [2.05, 4.69) is 0 Å². The summed E-state index contributed by atoms with van der Waals surface area (Å²) in [6.45, 7) is 3.91. The summed E-state index contributed by atoms with van der Waals surface area (Å²) in [5, 5.41) is 19.6. The van der Waals surface area contributed by atoms with E-state index in [0.29, 0.717) is 25.7 Å². The van der Waals surface area contributed by atoms with Crippen LogP contribution in [0.4, 0.5) is 0 Å². The lowest BCUT2D eigenvalue weighted by Crippen LogP contribution is -2.40. The lowest BCUT2D eigenvalue weighted by molar-refractivity contribution is -0.144. The first kappa shape index (κ1) is 16.2. The maximum Gasteiger partial charge on any atom is 0.306 e. The Morgan fingerprint density at radius 2 is 1.95 bits per heavy atom. The molecule has 1 fully saturated rings. The van der Waals surface area contributed by atoms with Gasteiger partial charge in [-0.2, -0.15) is 0 Å². The molecule has 0 aliphatic heterocycles. The number of rotatable bonds is 4. The monoisotopic (exact) mass is 310 g/mol. The number of carboxylic acid groups (broad SMARTS) is 1. The van der Waals surface area contributed by atoms with Crippen LogP contribution in [0.3, 0.4) is 0 Å². The zero-order valence-electron chi connectivity index (χ0n) is 12.5. The number of aliphatic carboxylic acids is 1. The molecule has 1 aromatic rings. The molecule has 21 heavy (non-hydrogen) atoms. The van der Waals surface area contributed by atoms with Crippen LogP contribution in [0.2, 0.25) is 0 Å². The number of aliphatic hydroxyl groups is 1. The summed E-state index contributed by atoms with van der Waals surface area (Å²) in [6, 6.07) is 5.76. The summed E-state index contributed by atoms with van der Waals surface area (Å²) in [5.74, 6) is -0.990. The predicted molar refractivity (Wildman–Crippen MR) is 81.7 cm³/mol. The highest BCUT2D eigenvalue weighted by Gasteiger charge is 2.37. The molecule has 1 aromatic carbocycles. The molecule has 2 N–H and O–H groups in total. The Hall–Kier alpha value is -1.20. The molecule has 0 heterocycles. The van der Waals surface area contributed by atoms with E-state index in [1.165, 1.54) is 0 Å². The fourth-order valence-electron chi connectivity index (χ4n) is 2.92. The van der Waals surface area contributed by atoms with Crippen LogP contribution in [0, 0.1) is 19.8 Å². The second kappa shape index (κ2) is 6.28. The van der Waals surface area contributed by atoms with Gasteiger partial charge in [-0.3, -0.25) is 9.00 Å². The van der Waals surface area contributed by atoms with E-state index >= 15 is 0 Å². The normalized spacial score (nSPS) is 27.3. The van der Waals surface area contributed by atoms with Gasteiger partial charge in [0.1, 0.15) is 0 Å². The van der Waals surface area contributed by atoms with Crippen LogP contribution < -0.4 is 0 Å². The van der Waals surface area contributed by atoms with E-state index < -0.39 is 22.4 Å². The molecule has 1 saturated carbocycles. The van der Waals surface area contributed by atoms with E-state index in [1.807, 2.05) is 32.0 Å². The number of carboxylic acids is 1. The average Bonchev–Trinajstić information content (AvgIpc) is 2.38. The summed E-state index contributed by atoms with van der Waals surface area (Å²) in [6.07, 6.45) is 1.72. The van der Waals surface area contributed by atoms with E-state index in [-0.39, 0.29) is 11.7 Å². The zero-order chi connectivity index (χ0) is 15.6. The third-order valence-corrected chi connectivity index (χ3v) is 5.99. The zero-order valence-corrected chi connectivity index (χ0v) is 13.3. The SMILES string of the molecule is Cc1ccc(S(=O)CC2(O)CCC(C(=O)O)CC2)c(C)c1. The van der Waals surface area contributed by atoms with Crippen LogP contribution in [0.15, 0.2) is 23.1 Å². The Labute approximate surface area is 127 Å². The standard InChI is InChI=1S/C16H22O4S/c1-11-3-4-14(12(2)9-11)21(20)10-16(19)7-5-13(6-8-16)15(17)18/h3-4,9,13,19H,5-8,10H2,1-2H3,(H,17,18). The number of carbonyl (C=O) groups is 1. The van der Waals surface area contributed by atoms with E-state index in [9.17, 15) is 14.1 Å². The molecule has 0 radical (unpaired) electrons. The van der Waals surface area contributed by atoms with Crippen molar-refractivity contribution in [3.8, 4) is 0 Å². The quantitative estimate of drug-likeness (QED) is 0.895. The third kappa shape index (κ3) is 3.92. The Kier molecular flexibility index (Phi) is 4.84. The van der Waals surface area contributed by atoms with Crippen molar-refractivity contribution in [1.82, 2.24) is 0 Å². The molecule has 1 aliphatic carbocycles. The van der Waals surface area contributed by atoms with Gasteiger partial charge in [0.05, 0.1) is 28.1 Å². The van der Waals surface area contributed by atoms with Crippen molar-refractivity contribution in [2.24, 2.45) is 5.92 Å². The smallest absolute Gasteiger partial charge is 0.306 e. The second-order valence-corrected chi connectivity index (χ2v) is 7.52. The number of hydrogen-bond donors (Lipinski definition) is 2. The maximum absolute atomic E-state index is 12.5. The Morgan fingerprint density at radius 1 is 1.33 bits per heavy atom. The predicted octanol–water partition coefficient (Wildman–Crippen LogP) is 2.42. The molecule has 116 valence electrons. The van der Waals surface area contributed by atoms with Gasteiger partial charge in [0, 0.05) is 4.90 Å². The molecule has 1 atom stereocenters. The minimum absolute atomic E-state index is 0.184. The fourth-order valence-corrected chi connectivity index (χ4v) is 4.49. The molecule has 1 unspecified atom stereocenters. The van der Waals surface area contributed by atoms with Gasteiger partial charge in [-0.05, 0) is 51.2 Å². The van der Waals surface area contributed by atoms with E-state index in [1.54, 1.807) is 0 Å². The Morgan fingerprint density at radius 3 is 2.48 bits per heavy atom. The molecular weight excluding hydrogens is 288 g/mol. The minimum Gasteiger partial charge on any atom is -0.481 e. The molecule has 2 rings (SSSR count). The molecular formula is C16H22O4S. The summed E-state index contributed by atoms with van der Waals surface area (Å²) < 4.78 is 12.5. The van der Waals surface area contributed by atoms with Gasteiger partial charge in [-0.15, -0.1) is 0 Å². The van der Waals surface area contributed by atoms with Crippen LogP contribution in [-0.4, -0.2) is 31.7 Å². The molecule has 0 aromatic heterocycles. The van der Waals surface area contributed by atoms with Crippen LogP contribution in [0.1, 0.15) is 36.8 Å². The second-order valence-electron chi connectivity index (χ2n) is 6.10. The summed E-state index contributed by atoms with van der Waals surface area (Å²) in [5.41, 5.74) is 1.08. The Bertz CT molecular complexity index is 559. The highest BCUT2D eigenvalue weighted by atomic mass is 32.2. The first-order valence-electron chi connectivity index (χ1n) is 7.21. The van der Waals surface area contributed by atoms with Crippen molar-refractivity contribution in [3.05, 3.63) is 29.3 Å². The van der Waals surface area contributed by atoms with Crippen molar-refractivity contribution in [2.75, 3.05) is 5.75 Å². The lowest BCUT2D eigenvalue weighted by Gasteiger charge is -2.34. The van der Waals surface area contributed by atoms with Crippen molar-refractivity contribution in [2.45, 2.75) is 50.0 Å². The first-order chi connectivity index (χ1) is 9.81. The van der Waals surface area contributed by atoms with Gasteiger partial charge in [0.25, 0.3) is 0 Å². The van der Waals surface area contributed by atoms with E-state index in [0.717, 1.165) is 16.0 Å². The molecule has 4 nitrogen and oxygen atoms in total.